The molecule has 3 rings (SSSR count). The molecule has 2 amide bonds. The van der Waals surface area contributed by atoms with Gasteiger partial charge < -0.3 is 5.32 Å². The summed E-state index contributed by atoms with van der Waals surface area (Å²) in [6.07, 6.45) is 1.41. The molecule has 0 aromatic heterocycles. The number of primary sulfonamides is 1. The average molecular weight is 432 g/mol. The molecule has 0 bridgehead atoms. The zero-order valence-electron chi connectivity index (χ0n) is 15.9. The van der Waals surface area contributed by atoms with E-state index in [-0.39, 0.29) is 46.6 Å². The van der Waals surface area contributed by atoms with Crippen LogP contribution < -0.4 is 15.4 Å². The molecule has 10 nitrogen and oxygen atoms in total. The third-order valence-corrected chi connectivity index (χ3v) is 5.63. The lowest BCUT2D eigenvalue weighted by molar-refractivity contribution is -0.383. The summed E-state index contributed by atoms with van der Waals surface area (Å²) in [4.78, 5) is 36.0. The molecular weight excluding hydrogens is 412 g/mol. The minimum atomic E-state index is -3.76. The summed E-state index contributed by atoms with van der Waals surface area (Å²) in [5, 5.41) is 19.5. The molecule has 11 heteroatoms. The molecule has 0 aliphatic carbocycles. The Morgan fingerprint density at radius 1 is 1.07 bits per heavy atom. The number of anilines is 2. The van der Waals surface area contributed by atoms with Gasteiger partial charge in [-0.15, -0.1) is 0 Å². The summed E-state index contributed by atoms with van der Waals surface area (Å²) in [6.45, 7) is 0.344. The van der Waals surface area contributed by atoms with Crippen LogP contribution in [-0.2, 0) is 26.0 Å². The van der Waals surface area contributed by atoms with Crippen LogP contribution in [0.4, 0.5) is 17.1 Å². The number of nitrogens with two attached hydrogens (primary N) is 1. The number of benzene rings is 2. The van der Waals surface area contributed by atoms with Gasteiger partial charge in [-0.1, -0.05) is 12.1 Å². The lowest BCUT2D eigenvalue weighted by Gasteiger charge is -2.25. The van der Waals surface area contributed by atoms with E-state index in [2.05, 4.69) is 5.32 Å². The Balaban J connectivity index is 1.72. The predicted octanol–water partition coefficient (Wildman–Crippen LogP) is 1.94. The Kier molecular flexibility index (Phi) is 6.13. The fourth-order valence-electron chi connectivity index (χ4n) is 3.19. The highest BCUT2D eigenvalue weighted by molar-refractivity contribution is 7.89. The molecular formula is C19H20N4O6S. The second-order valence-corrected chi connectivity index (χ2v) is 8.36. The zero-order valence-corrected chi connectivity index (χ0v) is 16.7. The third-order valence-electron chi connectivity index (χ3n) is 4.70. The van der Waals surface area contributed by atoms with Crippen LogP contribution in [0.3, 0.4) is 0 Å². The number of nitro groups is 1. The van der Waals surface area contributed by atoms with Crippen molar-refractivity contribution in [3.63, 3.8) is 0 Å². The predicted molar refractivity (Wildman–Crippen MR) is 109 cm³/mol. The number of imide groups is 1. The van der Waals surface area contributed by atoms with Crippen LogP contribution in [0, 0.1) is 10.1 Å². The number of piperidine rings is 1. The summed E-state index contributed by atoms with van der Waals surface area (Å²) >= 11 is 0. The van der Waals surface area contributed by atoms with E-state index in [4.69, 9.17) is 5.14 Å². The molecule has 2 aromatic carbocycles. The molecule has 1 aliphatic rings. The molecule has 0 spiro atoms. The number of sulfonamides is 1. The second kappa shape index (κ2) is 8.59. The quantitative estimate of drug-likeness (QED) is 0.385. The fourth-order valence-corrected chi connectivity index (χ4v) is 3.70. The van der Waals surface area contributed by atoms with Gasteiger partial charge in [-0.3, -0.25) is 24.6 Å². The van der Waals surface area contributed by atoms with E-state index in [9.17, 15) is 28.1 Å². The maximum absolute atomic E-state index is 12.1. The number of rotatable bonds is 7. The number of carbonyl (C=O) groups excluding carboxylic acids is 2. The van der Waals surface area contributed by atoms with Gasteiger partial charge in [-0.05, 0) is 42.7 Å². The van der Waals surface area contributed by atoms with Crippen LogP contribution in [0.15, 0.2) is 47.4 Å². The van der Waals surface area contributed by atoms with Crippen LogP contribution in [-0.4, -0.2) is 31.7 Å². The third kappa shape index (κ3) is 4.81. The molecule has 30 heavy (non-hydrogen) atoms. The van der Waals surface area contributed by atoms with Crippen LogP contribution in [0.1, 0.15) is 24.8 Å². The first-order chi connectivity index (χ1) is 14.2. The van der Waals surface area contributed by atoms with E-state index in [0.717, 1.165) is 10.5 Å². The number of carbonyl (C=O) groups is 2. The minimum Gasteiger partial charge on any atom is -0.379 e. The summed E-state index contributed by atoms with van der Waals surface area (Å²) in [5.41, 5.74) is 1.00. The largest absolute Gasteiger partial charge is 0.379 e. The Bertz CT molecular complexity index is 1080. The lowest BCUT2D eigenvalue weighted by Crippen LogP contribution is -2.40. The summed E-state index contributed by atoms with van der Waals surface area (Å²) in [7, 11) is -3.76. The Morgan fingerprint density at radius 3 is 2.27 bits per heavy atom. The maximum atomic E-state index is 12.1. The minimum absolute atomic E-state index is 0.00671. The monoisotopic (exact) mass is 432 g/mol. The van der Waals surface area contributed by atoms with Crippen molar-refractivity contribution in [2.75, 3.05) is 16.8 Å². The van der Waals surface area contributed by atoms with Gasteiger partial charge in [0.05, 0.1) is 15.5 Å². The molecule has 0 unspecified atom stereocenters. The highest BCUT2D eigenvalue weighted by Gasteiger charge is 2.29. The zero-order chi connectivity index (χ0) is 21.9. The molecule has 3 N–H and O–H groups in total. The topological polar surface area (TPSA) is 153 Å². The molecule has 0 radical (unpaired) electrons. The van der Waals surface area contributed by atoms with Gasteiger partial charge >= 0.3 is 0 Å². The van der Waals surface area contributed by atoms with Gasteiger partial charge in [0.25, 0.3) is 5.69 Å². The van der Waals surface area contributed by atoms with Crippen molar-refractivity contribution in [1.82, 2.24) is 0 Å². The van der Waals surface area contributed by atoms with E-state index in [1.165, 1.54) is 30.3 Å². The summed E-state index contributed by atoms with van der Waals surface area (Å²) in [5.74, 6) is -0.742. The van der Waals surface area contributed by atoms with E-state index in [1.807, 2.05) is 0 Å². The van der Waals surface area contributed by atoms with Crippen LogP contribution in [0.25, 0.3) is 0 Å². The summed E-state index contributed by atoms with van der Waals surface area (Å²) in [6, 6.07) is 10.2. The van der Waals surface area contributed by atoms with Gasteiger partial charge in [-0.25, -0.2) is 13.6 Å². The van der Waals surface area contributed by atoms with E-state index >= 15 is 0 Å². The number of hydrogen-bond acceptors (Lipinski definition) is 7. The average Bonchev–Trinajstić information content (AvgIpc) is 2.68. The molecule has 2 aromatic rings. The number of nitrogens with zero attached hydrogens (tertiary/aromatic N) is 2. The van der Waals surface area contributed by atoms with Crippen molar-refractivity contribution in [1.29, 1.82) is 0 Å². The standard InChI is InChI=1S/C19H20N4O6S/c20-30(28,29)15-7-4-13(5-8-15)10-11-21-16-9-6-14(12-17(16)23(26)27)22-18(24)2-1-3-19(22)25/h4-9,12,21H,1-3,10-11H2,(H2,20,28,29). The van der Waals surface area contributed by atoms with Gasteiger partial charge in [0.2, 0.25) is 21.8 Å². The normalized spacial score (nSPS) is 14.6. The Morgan fingerprint density at radius 2 is 1.70 bits per heavy atom. The van der Waals surface area contributed by atoms with Gasteiger partial charge in [0.15, 0.2) is 0 Å². The maximum Gasteiger partial charge on any atom is 0.294 e. The molecule has 1 fully saturated rings. The number of hydrogen-bond donors (Lipinski definition) is 2. The van der Waals surface area contributed by atoms with Gasteiger partial charge in [0.1, 0.15) is 5.69 Å². The molecule has 1 heterocycles. The smallest absolute Gasteiger partial charge is 0.294 e. The number of nitro benzene ring substituents is 1. The van der Waals surface area contributed by atoms with Gasteiger partial charge in [0, 0.05) is 25.5 Å². The van der Waals surface area contributed by atoms with Crippen LogP contribution >= 0.6 is 0 Å². The van der Waals surface area contributed by atoms with Crippen LogP contribution in [0.2, 0.25) is 0 Å². The first-order valence-electron chi connectivity index (χ1n) is 9.16. The first-order valence-corrected chi connectivity index (χ1v) is 10.7. The SMILES string of the molecule is NS(=O)(=O)c1ccc(CCNc2ccc(N3C(=O)CCCC3=O)cc2[N+](=O)[O-])cc1. The molecule has 1 saturated heterocycles. The molecule has 158 valence electrons. The fraction of sp³-hybridized carbons (Fsp3) is 0.263. The van der Waals surface area contributed by atoms with Gasteiger partial charge in [-0.2, -0.15) is 0 Å². The lowest BCUT2D eigenvalue weighted by atomic mass is 10.1. The van der Waals surface area contributed by atoms with Crippen molar-refractivity contribution < 1.29 is 22.9 Å². The number of nitrogens with one attached hydrogen (secondary N) is 1. The van der Waals surface area contributed by atoms with Crippen molar-refractivity contribution in [3.8, 4) is 0 Å². The molecule has 0 atom stereocenters. The van der Waals surface area contributed by atoms with Crippen molar-refractivity contribution in [3.05, 3.63) is 58.1 Å². The molecule has 0 saturated carbocycles. The van der Waals surface area contributed by atoms with E-state index in [0.29, 0.717) is 19.4 Å². The van der Waals surface area contributed by atoms with E-state index < -0.39 is 14.9 Å². The highest BCUT2D eigenvalue weighted by atomic mass is 32.2. The van der Waals surface area contributed by atoms with E-state index in [1.54, 1.807) is 12.1 Å². The Labute approximate surface area is 172 Å². The first kappa shape index (κ1) is 21.4. The van der Waals surface area contributed by atoms with Crippen LogP contribution in [0.5, 0.6) is 0 Å². The van der Waals surface area contributed by atoms with Crippen molar-refractivity contribution in [2.24, 2.45) is 5.14 Å². The van der Waals surface area contributed by atoms with Crippen molar-refractivity contribution in [2.45, 2.75) is 30.6 Å². The number of amides is 2. The van der Waals surface area contributed by atoms with Crippen molar-refractivity contribution >= 4 is 38.9 Å². The molecule has 1 aliphatic heterocycles. The Hall–Kier alpha value is -3.31. The highest BCUT2D eigenvalue weighted by Crippen LogP contribution is 2.31. The second-order valence-electron chi connectivity index (χ2n) is 6.80. The summed E-state index contributed by atoms with van der Waals surface area (Å²) < 4.78 is 22.6.